The molecule has 25 heavy (non-hydrogen) atoms. The maximum absolute atomic E-state index is 12.2. The lowest BCUT2D eigenvalue weighted by atomic mass is 10.2. The zero-order valence-corrected chi connectivity index (χ0v) is 15.7. The lowest BCUT2D eigenvalue weighted by molar-refractivity contribution is -0.912. The Hall–Kier alpha value is -2.18. The van der Waals surface area contributed by atoms with Gasteiger partial charge >= 0.3 is 0 Å². The van der Waals surface area contributed by atoms with Gasteiger partial charge in [-0.25, -0.2) is 4.98 Å². The van der Waals surface area contributed by atoms with Crippen LogP contribution in [-0.4, -0.2) is 29.7 Å². The van der Waals surface area contributed by atoms with Crippen molar-refractivity contribution in [1.29, 1.82) is 0 Å². The Kier molecular flexibility index (Phi) is 5.83. The summed E-state index contributed by atoms with van der Waals surface area (Å²) in [6.07, 6.45) is 0. The highest BCUT2D eigenvalue weighted by Gasteiger charge is 2.11. The first-order valence-electron chi connectivity index (χ1n) is 8.35. The molecule has 2 aromatic carbocycles. The van der Waals surface area contributed by atoms with Gasteiger partial charge in [0.1, 0.15) is 25.4 Å². The van der Waals surface area contributed by atoms with Gasteiger partial charge in [-0.15, -0.1) is 0 Å². The third kappa shape index (κ3) is 4.67. The summed E-state index contributed by atoms with van der Waals surface area (Å²) < 4.78 is 6.83. The minimum Gasteiger partial charge on any atom is -0.488 e. The average Bonchev–Trinajstić information content (AvgIpc) is 2.62. The predicted octanol–water partition coefficient (Wildman–Crippen LogP) is 2.17. The van der Waals surface area contributed by atoms with Crippen molar-refractivity contribution in [3.05, 3.63) is 69.2 Å². The molecule has 0 aliphatic rings. The highest BCUT2D eigenvalue weighted by Crippen LogP contribution is 2.15. The van der Waals surface area contributed by atoms with E-state index in [2.05, 4.69) is 32.8 Å². The van der Waals surface area contributed by atoms with E-state index in [1.165, 1.54) is 4.90 Å². The third-order valence-electron chi connectivity index (χ3n) is 4.12. The second-order valence-corrected chi connectivity index (χ2v) is 6.78. The second kappa shape index (κ2) is 8.27. The number of ether oxygens (including phenoxy) is 1. The van der Waals surface area contributed by atoms with Gasteiger partial charge in [-0.1, -0.05) is 28.1 Å². The molecule has 130 valence electrons. The van der Waals surface area contributed by atoms with Crippen molar-refractivity contribution in [3.8, 4) is 5.75 Å². The number of H-pyrrole nitrogens is 1. The Balaban J connectivity index is 1.62. The van der Waals surface area contributed by atoms with E-state index >= 15 is 0 Å². The maximum atomic E-state index is 12.2. The maximum Gasteiger partial charge on any atom is 0.258 e. The normalized spacial score (nSPS) is 12.2. The second-order valence-electron chi connectivity index (χ2n) is 5.86. The molecule has 5 nitrogen and oxygen atoms in total. The van der Waals surface area contributed by atoms with Crippen LogP contribution in [0.1, 0.15) is 12.7 Å². The molecule has 0 spiro atoms. The van der Waals surface area contributed by atoms with Crippen molar-refractivity contribution >= 4 is 26.8 Å². The van der Waals surface area contributed by atoms with E-state index in [0.717, 1.165) is 28.8 Å². The number of para-hydroxylation sites is 1. The topological polar surface area (TPSA) is 59.4 Å². The summed E-state index contributed by atoms with van der Waals surface area (Å²) in [5.74, 6) is 1.57. The molecule has 0 fully saturated rings. The number of aromatic nitrogens is 2. The number of benzene rings is 2. The third-order valence-corrected chi connectivity index (χ3v) is 4.65. The van der Waals surface area contributed by atoms with Crippen LogP contribution >= 0.6 is 15.9 Å². The molecule has 3 rings (SSSR count). The van der Waals surface area contributed by atoms with Crippen molar-refractivity contribution in [2.24, 2.45) is 0 Å². The van der Waals surface area contributed by atoms with Gasteiger partial charge in [0.25, 0.3) is 5.56 Å². The fourth-order valence-corrected chi connectivity index (χ4v) is 2.95. The van der Waals surface area contributed by atoms with Crippen LogP contribution < -0.4 is 15.2 Å². The monoisotopic (exact) mass is 402 g/mol. The summed E-state index contributed by atoms with van der Waals surface area (Å²) in [6, 6.07) is 15.2. The van der Waals surface area contributed by atoms with Gasteiger partial charge in [0, 0.05) is 4.47 Å². The van der Waals surface area contributed by atoms with Crippen LogP contribution in [0.3, 0.4) is 0 Å². The minimum atomic E-state index is -0.0813. The SMILES string of the molecule is CC[NH+](CCOc1ccc(Br)cc1)Cc1nc2ccccc2c(=O)[nH]1. The lowest BCUT2D eigenvalue weighted by Crippen LogP contribution is -3.11. The molecule has 1 aromatic heterocycles. The Morgan fingerprint density at radius 1 is 1.16 bits per heavy atom. The van der Waals surface area contributed by atoms with Gasteiger partial charge in [0.05, 0.1) is 17.4 Å². The summed E-state index contributed by atoms with van der Waals surface area (Å²) >= 11 is 3.41. The number of rotatable bonds is 7. The van der Waals surface area contributed by atoms with Crippen molar-refractivity contribution in [3.63, 3.8) is 0 Å². The van der Waals surface area contributed by atoms with E-state index in [9.17, 15) is 4.79 Å². The van der Waals surface area contributed by atoms with E-state index in [4.69, 9.17) is 4.74 Å². The molecule has 0 aliphatic heterocycles. The first kappa shape index (κ1) is 17.6. The molecule has 0 aliphatic carbocycles. The van der Waals surface area contributed by atoms with Crippen LogP contribution in [0.4, 0.5) is 0 Å². The number of nitrogens with zero attached hydrogens (tertiary/aromatic N) is 1. The predicted molar refractivity (Wildman–Crippen MR) is 102 cm³/mol. The fraction of sp³-hybridized carbons (Fsp3) is 0.263. The number of likely N-dealkylation sites (N-methyl/N-ethyl adjacent to an activating group) is 1. The van der Waals surface area contributed by atoms with Gasteiger partial charge < -0.3 is 14.6 Å². The highest BCUT2D eigenvalue weighted by molar-refractivity contribution is 9.10. The van der Waals surface area contributed by atoms with Crippen molar-refractivity contribution < 1.29 is 9.64 Å². The molecule has 2 N–H and O–H groups in total. The molecule has 0 bridgehead atoms. The molecular formula is C19H21BrN3O2+. The Morgan fingerprint density at radius 2 is 1.92 bits per heavy atom. The molecule has 0 amide bonds. The molecule has 1 heterocycles. The molecule has 1 atom stereocenters. The number of fused-ring (bicyclic) bond motifs is 1. The Bertz CT molecular complexity index is 893. The minimum absolute atomic E-state index is 0.0813. The largest absolute Gasteiger partial charge is 0.488 e. The van der Waals surface area contributed by atoms with Crippen LogP contribution in [0.2, 0.25) is 0 Å². The molecular weight excluding hydrogens is 382 g/mol. The molecule has 6 heteroatoms. The van der Waals surface area contributed by atoms with Crippen LogP contribution in [0.5, 0.6) is 5.75 Å². The van der Waals surface area contributed by atoms with Crippen LogP contribution in [0, 0.1) is 0 Å². The summed E-state index contributed by atoms with van der Waals surface area (Å²) in [5.41, 5.74) is 0.657. The van der Waals surface area contributed by atoms with Gasteiger partial charge in [-0.05, 0) is 43.3 Å². The molecule has 1 unspecified atom stereocenters. The van der Waals surface area contributed by atoms with E-state index in [0.29, 0.717) is 24.4 Å². The van der Waals surface area contributed by atoms with Crippen LogP contribution in [0.15, 0.2) is 57.8 Å². The number of nitrogens with one attached hydrogen (secondary N) is 2. The summed E-state index contributed by atoms with van der Waals surface area (Å²) in [7, 11) is 0. The van der Waals surface area contributed by atoms with Gasteiger partial charge in [0.15, 0.2) is 5.82 Å². The van der Waals surface area contributed by atoms with Gasteiger partial charge in [0.2, 0.25) is 0 Å². The smallest absolute Gasteiger partial charge is 0.258 e. The van der Waals surface area contributed by atoms with E-state index < -0.39 is 0 Å². The van der Waals surface area contributed by atoms with E-state index in [1.807, 2.05) is 42.5 Å². The van der Waals surface area contributed by atoms with Gasteiger partial charge in [-0.3, -0.25) is 4.79 Å². The number of aromatic amines is 1. The van der Waals surface area contributed by atoms with E-state index in [1.54, 1.807) is 6.07 Å². The number of halogens is 1. The number of hydrogen-bond acceptors (Lipinski definition) is 3. The lowest BCUT2D eigenvalue weighted by Gasteiger charge is -2.17. The van der Waals surface area contributed by atoms with Crippen molar-refractivity contribution in [2.45, 2.75) is 13.5 Å². The summed E-state index contributed by atoms with van der Waals surface area (Å²) in [6.45, 7) is 5.17. The summed E-state index contributed by atoms with van der Waals surface area (Å²) in [5, 5.41) is 0.628. The Labute approximate surface area is 154 Å². The zero-order chi connectivity index (χ0) is 17.6. The van der Waals surface area contributed by atoms with Crippen molar-refractivity contribution in [1.82, 2.24) is 9.97 Å². The molecule has 0 saturated carbocycles. The number of quaternary nitrogens is 1. The Morgan fingerprint density at radius 3 is 2.68 bits per heavy atom. The average molecular weight is 403 g/mol. The zero-order valence-electron chi connectivity index (χ0n) is 14.1. The van der Waals surface area contributed by atoms with E-state index in [-0.39, 0.29) is 5.56 Å². The van der Waals surface area contributed by atoms with Crippen molar-refractivity contribution in [2.75, 3.05) is 19.7 Å². The molecule has 3 aromatic rings. The highest BCUT2D eigenvalue weighted by atomic mass is 79.9. The van der Waals surface area contributed by atoms with Crippen LogP contribution in [-0.2, 0) is 6.54 Å². The van der Waals surface area contributed by atoms with Gasteiger partial charge in [-0.2, -0.15) is 0 Å². The first-order chi connectivity index (χ1) is 12.2. The quantitative estimate of drug-likeness (QED) is 0.636. The standard InChI is InChI=1S/C19H20BrN3O2/c1-2-23(11-12-25-15-9-7-14(20)8-10-15)13-18-21-17-6-4-3-5-16(17)19(24)22-18/h3-10H,2,11-13H2,1H3,(H,21,22,24)/p+1. The van der Waals surface area contributed by atoms with Crippen LogP contribution in [0.25, 0.3) is 10.9 Å². The first-order valence-corrected chi connectivity index (χ1v) is 9.15. The number of hydrogen-bond donors (Lipinski definition) is 2. The summed E-state index contributed by atoms with van der Waals surface area (Å²) in [4.78, 5) is 20.9. The fourth-order valence-electron chi connectivity index (χ4n) is 2.69. The molecule has 0 radical (unpaired) electrons. The molecule has 0 saturated heterocycles.